The molecule has 5 rings (SSSR count). The Morgan fingerprint density at radius 3 is 2.32 bits per heavy atom. The average molecular weight is 335 g/mol. The van der Waals surface area contributed by atoms with Crippen molar-refractivity contribution in [2.45, 2.75) is 30.9 Å². The van der Waals surface area contributed by atoms with Gasteiger partial charge in [-0.2, -0.15) is 0 Å². The van der Waals surface area contributed by atoms with Gasteiger partial charge in [-0.25, -0.2) is 4.79 Å². The van der Waals surface area contributed by atoms with Gasteiger partial charge in [-0.05, 0) is 35.1 Å². The molecule has 1 N–H and O–H groups in total. The quantitative estimate of drug-likeness (QED) is 0.915. The Morgan fingerprint density at radius 2 is 1.72 bits per heavy atom. The minimum Gasteiger partial charge on any atom is -0.448 e. The molecule has 0 bridgehead atoms. The number of hydrogen-bond donors (Lipinski definition) is 1. The van der Waals surface area contributed by atoms with Gasteiger partial charge in [0.15, 0.2) is 0 Å². The highest BCUT2D eigenvalue weighted by atomic mass is 16.6. The van der Waals surface area contributed by atoms with Crippen LogP contribution in [0.2, 0.25) is 0 Å². The molecule has 0 spiro atoms. The van der Waals surface area contributed by atoms with Crippen LogP contribution in [-0.2, 0) is 4.74 Å². The number of fused-ring (bicyclic) bond motifs is 4. The largest absolute Gasteiger partial charge is 0.448 e. The summed E-state index contributed by atoms with van der Waals surface area (Å²) in [5, 5.41) is 9.76. The summed E-state index contributed by atoms with van der Waals surface area (Å²) in [6, 6.07) is 16.9. The zero-order valence-corrected chi connectivity index (χ0v) is 14.0. The van der Waals surface area contributed by atoms with E-state index in [-0.39, 0.29) is 30.1 Å². The molecule has 1 amide bonds. The molecular formula is C21H21NO3. The lowest BCUT2D eigenvalue weighted by Gasteiger charge is -2.39. The fourth-order valence-corrected chi connectivity index (χ4v) is 4.76. The Bertz CT molecular complexity index is 788. The Labute approximate surface area is 147 Å². The van der Waals surface area contributed by atoms with E-state index in [1.54, 1.807) is 0 Å². The number of aliphatic hydroxyl groups is 1. The number of rotatable bonds is 2. The summed E-state index contributed by atoms with van der Waals surface area (Å²) in [6.07, 6.45) is 1.10. The molecule has 2 fully saturated rings. The van der Waals surface area contributed by atoms with E-state index in [4.69, 9.17) is 4.74 Å². The Kier molecular flexibility index (Phi) is 3.35. The fraction of sp³-hybridized carbons (Fsp3) is 0.381. The van der Waals surface area contributed by atoms with Gasteiger partial charge in [0.1, 0.15) is 6.61 Å². The molecule has 25 heavy (non-hydrogen) atoms. The van der Waals surface area contributed by atoms with E-state index in [1.807, 2.05) is 17.0 Å². The molecule has 0 unspecified atom stereocenters. The van der Waals surface area contributed by atoms with Crippen LogP contribution in [0.25, 0.3) is 11.1 Å². The first-order valence-electron chi connectivity index (χ1n) is 9.03. The van der Waals surface area contributed by atoms with Crippen LogP contribution in [0.15, 0.2) is 48.5 Å². The van der Waals surface area contributed by atoms with Crippen LogP contribution in [0.4, 0.5) is 4.79 Å². The summed E-state index contributed by atoms with van der Waals surface area (Å²) in [7, 11) is 0. The number of carbonyl (C=O) groups is 1. The third-order valence-electron chi connectivity index (χ3n) is 6.15. The second-order valence-electron chi connectivity index (χ2n) is 7.32. The number of amides is 1. The van der Waals surface area contributed by atoms with Crippen molar-refractivity contribution in [1.29, 1.82) is 0 Å². The second-order valence-corrected chi connectivity index (χ2v) is 7.32. The minimum atomic E-state index is -0.239. The molecule has 1 saturated carbocycles. The zero-order chi connectivity index (χ0) is 17.0. The third kappa shape index (κ3) is 2.20. The topological polar surface area (TPSA) is 49.8 Å². The normalized spacial score (nSPS) is 26.6. The van der Waals surface area contributed by atoms with E-state index in [2.05, 4.69) is 36.4 Å². The molecule has 1 heterocycles. The number of likely N-dealkylation sites (tertiary alicyclic amines) is 1. The monoisotopic (exact) mass is 335 g/mol. The number of carbonyl (C=O) groups excluding carboxylic acids is 1. The van der Waals surface area contributed by atoms with Crippen molar-refractivity contribution in [2.24, 2.45) is 5.92 Å². The van der Waals surface area contributed by atoms with Gasteiger partial charge in [0.05, 0.1) is 6.10 Å². The molecule has 1 saturated heterocycles. The van der Waals surface area contributed by atoms with E-state index in [0.717, 1.165) is 6.42 Å². The molecule has 1 aliphatic heterocycles. The van der Waals surface area contributed by atoms with Crippen LogP contribution in [0, 0.1) is 5.92 Å². The molecule has 0 aromatic heterocycles. The minimum absolute atomic E-state index is 0.0988. The smallest absolute Gasteiger partial charge is 0.410 e. The van der Waals surface area contributed by atoms with Crippen LogP contribution >= 0.6 is 0 Å². The maximum atomic E-state index is 12.5. The van der Waals surface area contributed by atoms with Gasteiger partial charge in [-0.15, -0.1) is 0 Å². The first-order valence-corrected chi connectivity index (χ1v) is 9.03. The van der Waals surface area contributed by atoms with Crippen molar-refractivity contribution in [2.75, 3.05) is 13.2 Å². The van der Waals surface area contributed by atoms with Gasteiger partial charge in [0.2, 0.25) is 0 Å². The average Bonchev–Trinajstić information content (AvgIpc) is 3.15. The highest BCUT2D eigenvalue weighted by Crippen LogP contribution is 2.45. The first kappa shape index (κ1) is 15.0. The molecule has 4 heteroatoms. The molecule has 3 atom stereocenters. The number of aliphatic hydroxyl groups excluding tert-OH is 1. The van der Waals surface area contributed by atoms with E-state index >= 15 is 0 Å². The number of ether oxygens (including phenoxy) is 1. The van der Waals surface area contributed by atoms with Crippen molar-refractivity contribution >= 4 is 6.09 Å². The van der Waals surface area contributed by atoms with Gasteiger partial charge >= 0.3 is 6.09 Å². The summed E-state index contributed by atoms with van der Waals surface area (Å²) >= 11 is 0. The van der Waals surface area contributed by atoms with Gasteiger partial charge in [0, 0.05) is 24.4 Å². The van der Waals surface area contributed by atoms with E-state index in [9.17, 15) is 9.90 Å². The summed E-state index contributed by atoms with van der Waals surface area (Å²) in [5.74, 6) is 0.349. The third-order valence-corrected chi connectivity index (χ3v) is 6.15. The Hall–Kier alpha value is -2.33. The maximum Gasteiger partial charge on any atom is 0.410 e. The van der Waals surface area contributed by atoms with Gasteiger partial charge in [-0.1, -0.05) is 48.5 Å². The van der Waals surface area contributed by atoms with Crippen LogP contribution < -0.4 is 0 Å². The van der Waals surface area contributed by atoms with Crippen LogP contribution in [0.5, 0.6) is 0 Å². The molecule has 2 aliphatic carbocycles. The fourth-order valence-electron chi connectivity index (χ4n) is 4.76. The van der Waals surface area contributed by atoms with Gasteiger partial charge in [-0.3, -0.25) is 0 Å². The summed E-state index contributed by atoms with van der Waals surface area (Å²) in [4.78, 5) is 14.4. The van der Waals surface area contributed by atoms with Crippen molar-refractivity contribution in [3.05, 3.63) is 59.7 Å². The number of nitrogens with zero attached hydrogens (tertiary/aromatic N) is 1. The second kappa shape index (κ2) is 5.60. The van der Waals surface area contributed by atoms with Gasteiger partial charge in [0.25, 0.3) is 0 Å². The zero-order valence-electron chi connectivity index (χ0n) is 14.0. The van der Waals surface area contributed by atoms with Gasteiger partial charge < -0.3 is 14.7 Å². The highest BCUT2D eigenvalue weighted by Gasteiger charge is 2.49. The lowest BCUT2D eigenvalue weighted by molar-refractivity contribution is -0.0206. The van der Waals surface area contributed by atoms with Crippen molar-refractivity contribution in [3.63, 3.8) is 0 Å². The number of hydrogen-bond acceptors (Lipinski definition) is 3. The lowest BCUT2D eigenvalue weighted by Crippen LogP contribution is -2.51. The van der Waals surface area contributed by atoms with Crippen LogP contribution in [-0.4, -0.2) is 41.4 Å². The SMILES string of the molecule is O=C(OCC1c2ccccc2-c2ccccc21)N1CC[C@@H]2[C@H](O)C[C@@H]21. The predicted octanol–water partition coefficient (Wildman–Crippen LogP) is 3.39. The molecule has 2 aromatic rings. The summed E-state index contributed by atoms with van der Waals surface area (Å²) in [6.45, 7) is 1.06. The standard InChI is InChI=1S/C21H21NO3/c23-20-11-19-17(20)9-10-22(19)21(24)25-12-18-15-7-3-1-5-13(15)14-6-2-4-8-16(14)18/h1-8,17-20,23H,9-12H2/t17-,19-,20+/m0/s1. The predicted molar refractivity (Wildman–Crippen MR) is 94.3 cm³/mol. The van der Waals surface area contributed by atoms with E-state index < -0.39 is 0 Å². The lowest BCUT2D eigenvalue weighted by atomic mass is 9.77. The van der Waals surface area contributed by atoms with E-state index in [0.29, 0.717) is 19.6 Å². The molecular weight excluding hydrogens is 314 g/mol. The van der Waals surface area contributed by atoms with Crippen LogP contribution in [0.3, 0.4) is 0 Å². The molecule has 128 valence electrons. The molecule has 4 nitrogen and oxygen atoms in total. The molecule has 3 aliphatic rings. The Morgan fingerprint density at radius 1 is 1.08 bits per heavy atom. The Balaban J connectivity index is 1.34. The van der Waals surface area contributed by atoms with Crippen molar-refractivity contribution in [3.8, 4) is 11.1 Å². The van der Waals surface area contributed by atoms with Crippen LogP contribution in [0.1, 0.15) is 29.9 Å². The van der Waals surface area contributed by atoms with E-state index in [1.165, 1.54) is 22.3 Å². The summed E-state index contributed by atoms with van der Waals surface area (Å²) in [5.41, 5.74) is 4.94. The number of benzene rings is 2. The highest BCUT2D eigenvalue weighted by molar-refractivity contribution is 5.79. The van der Waals surface area contributed by atoms with Crippen molar-refractivity contribution in [1.82, 2.24) is 4.90 Å². The maximum absolute atomic E-state index is 12.5. The molecule has 0 radical (unpaired) electrons. The first-order chi connectivity index (χ1) is 12.2. The van der Waals surface area contributed by atoms with Crippen molar-refractivity contribution < 1.29 is 14.6 Å². The molecule has 2 aromatic carbocycles. The summed E-state index contributed by atoms with van der Waals surface area (Å²) < 4.78 is 5.72.